The average Bonchev–Trinajstić information content (AvgIpc) is 3.16. The molecule has 22 heavy (non-hydrogen) atoms. The maximum atomic E-state index is 12.0. The molecular formula is C16H13ClN2OS2. The lowest BCUT2D eigenvalue weighted by Crippen LogP contribution is -2.24. The lowest BCUT2D eigenvalue weighted by Gasteiger charge is -2.04. The van der Waals surface area contributed by atoms with Crippen molar-refractivity contribution in [2.75, 3.05) is 0 Å². The molecule has 3 aromatic rings. The molecule has 112 valence electrons. The number of carbonyl (C=O) groups excluding carboxylic acids is 1. The second-order valence-corrected chi connectivity index (χ2v) is 6.95. The van der Waals surface area contributed by atoms with Gasteiger partial charge in [0.1, 0.15) is 5.01 Å². The Morgan fingerprint density at radius 2 is 2.14 bits per heavy atom. The Kier molecular flexibility index (Phi) is 4.87. The van der Waals surface area contributed by atoms with Crippen molar-refractivity contribution in [3.8, 4) is 9.88 Å². The number of amides is 1. The van der Waals surface area contributed by atoms with E-state index in [0.717, 1.165) is 21.1 Å². The van der Waals surface area contributed by atoms with E-state index in [4.69, 9.17) is 11.6 Å². The van der Waals surface area contributed by atoms with Crippen LogP contribution in [-0.4, -0.2) is 10.9 Å². The van der Waals surface area contributed by atoms with Gasteiger partial charge in [-0.3, -0.25) is 4.79 Å². The van der Waals surface area contributed by atoms with Crippen molar-refractivity contribution < 1.29 is 4.79 Å². The smallest absolute Gasteiger partial charge is 0.226 e. The molecule has 0 saturated carbocycles. The van der Waals surface area contributed by atoms with E-state index in [1.807, 2.05) is 47.2 Å². The molecule has 2 aromatic heterocycles. The molecule has 0 bridgehead atoms. The highest BCUT2D eigenvalue weighted by Gasteiger charge is 2.09. The number of hydrogen-bond acceptors (Lipinski definition) is 4. The molecule has 0 saturated heterocycles. The lowest BCUT2D eigenvalue weighted by molar-refractivity contribution is -0.120. The molecule has 0 aliphatic rings. The topological polar surface area (TPSA) is 42.0 Å². The van der Waals surface area contributed by atoms with Crippen molar-refractivity contribution in [3.05, 3.63) is 63.4 Å². The minimum atomic E-state index is -0.0389. The fourth-order valence-corrected chi connectivity index (χ4v) is 3.82. The van der Waals surface area contributed by atoms with Crippen LogP contribution in [0, 0.1) is 0 Å². The maximum Gasteiger partial charge on any atom is 0.226 e. The van der Waals surface area contributed by atoms with E-state index in [0.29, 0.717) is 18.0 Å². The molecule has 0 atom stereocenters. The average molecular weight is 349 g/mol. The second-order valence-electron chi connectivity index (χ2n) is 4.70. The molecule has 0 aliphatic carbocycles. The summed E-state index contributed by atoms with van der Waals surface area (Å²) in [5.41, 5.74) is 1.79. The highest BCUT2D eigenvalue weighted by atomic mass is 35.5. The Morgan fingerprint density at radius 3 is 2.91 bits per heavy atom. The summed E-state index contributed by atoms with van der Waals surface area (Å²) >= 11 is 9.14. The van der Waals surface area contributed by atoms with Gasteiger partial charge in [-0.25, -0.2) is 4.98 Å². The maximum absolute atomic E-state index is 12.0. The third-order valence-electron chi connectivity index (χ3n) is 3.00. The Labute approximate surface area is 141 Å². The van der Waals surface area contributed by atoms with Crippen molar-refractivity contribution in [1.29, 1.82) is 0 Å². The Morgan fingerprint density at radius 1 is 1.23 bits per heavy atom. The Hall–Kier alpha value is -1.69. The molecule has 2 heterocycles. The van der Waals surface area contributed by atoms with Crippen molar-refractivity contribution >= 4 is 40.2 Å². The van der Waals surface area contributed by atoms with Crippen molar-refractivity contribution in [2.45, 2.75) is 13.0 Å². The van der Waals surface area contributed by atoms with Crippen LogP contribution in [0.2, 0.25) is 5.02 Å². The van der Waals surface area contributed by atoms with Gasteiger partial charge in [-0.2, -0.15) is 0 Å². The molecule has 6 heteroatoms. The van der Waals surface area contributed by atoms with Crippen LogP contribution in [0.4, 0.5) is 0 Å². The first-order valence-electron chi connectivity index (χ1n) is 6.70. The number of thiophene rings is 1. The van der Waals surface area contributed by atoms with Crippen molar-refractivity contribution in [3.63, 3.8) is 0 Å². The summed E-state index contributed by atoms with van der Waals surface area (Å²) in [4.78, 5) is 17.6. The third kappa shape index (κ3) is 3.94. The number of benzene rings is 1. The molecule has 0 fully saturated rings. The number of hydrogen-bond donors (Lipinski definition) is 1. The molecule has 0 radical (unpaired) electrons. The van der Waals surface area contributed by atoms with Crippen LogP contribution in [0.25, 0.3) is 9.88 Å². The van der Waals surface area contributed by atoms with Gasteiger partial charge in [0, 0.05) is 16.9 Å². The molecule has 1 aromatic carbocycles. The van der Waals surface area contributed by atoms with Gasteiger partial charge in [0.2, 0.25) is 5.91 Å². The first-order valence-corrected chi connectivity index (χ1v) is 8.84. The predicted octanol–water partition coefficient (Wildman–Crippen LogP) is 4.38. The van der Waals surface area contributed by atoms with Crippen LogP contribution in [0.1, 0.15) is 11.3 Å². The van der Waals surface area contributed by atoms with E-state index in [1.165, 1.54) is 0 Å². The van der Waals surface area contributed by atoms with E-state index < -0.39 is 0 Å². The lowest BCUT2D eigenvalue weighted by atomic mass is 10.2. The fraction of sp³-hybridized carbons (Fsp3) is 0.125. The summed E-state index contributed by atoms with van der Waals surface area (Å²) in [7, 11) is 0. The minimum absolute atomic E-state index is 0.0389. The standard InChI is InChI=1S/C16H13ClN2OS2/c17-12-4-1-3-11(7-12)9-18-15(20)8-13-10-22-16(19-13)14-5-2-6-21-14/h1-7,10H,8-9H2,(H,18,20). The number of aromatic nitrogens is 1. The molecule has 0 unspecified atom stereocenters. The first-order chi connectivity index (χ1) is 10.7. The molecule has 0 spiro atoms. The van der Waals surface area contributed by atoms with Gasteiger partial charge in [-0.1, -0.05) is 29.8 Å². The quantitative estimate of drug-likeness (QED) is 0.743. The molecule has 3 rings (SSSR count). The van der Waals surface area contributed by atoms with Crippen molar-refractivity contribution in [1.82, 2.24) is 10.3 Å². The predicted molar refractivity (Wildman–Crippen MR) is 92.4 cm³/mol. The zero-order valence-corrected chi connectivity index (χ0v) is 14.0. The Bertz CT molecular complexity index is 768. The number of nitrogens with zero attached hydrogens (tertiary/aromatic N) is 1. The van der Waals surface area contributed by atoms with E-state index in [-0.39, 0.29) is 5.91 Å². The van der Waals surface area contributed by atoms with Crippen molar-refractivity contribution in [2.24, 2.45) is 0 Å². The highest BCUT2D eigenvalue weighted by Crippen LogP contribution is 2.27. The number of thiazole rings is 1. The largest absolute Gasteiger partial charge is 0.352 e. The zero-order valence-electron chi connectivity index (χ0n) is 11.6. The van der Waals surface area contributed by atoms with E-state index in [2.05, 4.69) is 10.3 Å². The van der Waals surface area contributed by atoms with Gasteiger partial charge in [-0.05, 0) is 29.1 Å². The normalized spacial score (nSPS) is 10.6. The zero-order chi connectivity index (χ0) is 15.4. The summed E-state index contributed by atoms with van der Waals surface area (Å²) in [6.45, 7) is 0.474. The van der Waals surface area contributed by atoms with E-state index >= 15 is 0 Å². The monoisotopic (exact) mass is 348 g/mol. The summed E-state index contributed by atoms with van der Waals surface area (Å²) in [5, 5.41) is 8.49. The summed E-state index contributed by atoms with van der Waals surface area (Å²) < 4.78 is 0. The summed E-state index contributed by atoms with van der Waals surface area (Å²) in [6.07, 6.45) is 0.294. The van der Waals surface area contributed by atoms with Crippen LogP contribution >= 0.6 is 34.3 Å². The van der Waals surface area contributed by atoms with Gasteiger partial charge < -0.3 is 5.32 Å². The summed E-state index contributed by atoms with van der Waals surface area (Å²) in [6, 6.07) is 11.5. The van der Waals surface area contributed by atoms with E-state index in [1.54, 1.807) is 22.7 Å². The van der Waals surface area contributed by atoms with Gasteiger partial charge >= 0.3 is 0 Å². The van der Waals surface area contributed by atoms with Crippen LogP contribution < -0.4 is 5.32 Å². The van der Waals surface area contributed by atoms with Crippen LogP contribution in [-0.2, 0) is 17.8 Å². The van der Waals surface area contributed by atoms with E-state index in [9.17, 15) is 4.79 Å². The first kappa shape index (κ1) is 15.2. The molecule has 3 nitrogen and oxygen atoms in total. The minimum Gasteiger partial charge on any atom is -0.352 e. The van der Waals surface area contributed by atoms with Crippen LogP contribution in [0.15, 0.2) is 47.2 Å². The number of rotatable bonds is 5. The highest BCUT2D eigenvalue weighted by molar-refractivity contribution is 7.20. The van der Waals surface area contributed by atoms with Gasteiger partial charge in [0.25, 0.3) is 0 Å². The molecule has 1 N–H and O–H groups in total. The summed E-state index contributed by atoms with van der Waals surface area (Å²) in [5.74, 6) is -0.0389. The van der Waals surface area contributed by atoms with Gasteiger partial charge in [-0.15, -0.1) is 22.7 Å². The third-order valence-corrected chi connectivity index (χ3v) is 5.17. The van der Waals surface area contributed by atoms with Gasteiger partial charge in [0.05, 0.1) is 17.0 Å². The Balaban J connectivity index is 1.56. The molecular weight excluding hydrogens is 336 g/mol. The molecule has 0 aliphatic heterocycles. The van der Waals surface area contributed by atoms with Gasteiger partial charge in [0.15, 0.2) is 0 Å². The SMILES string of the molecule is O=C(Cc1csc(-c2cccs2)n1)NCc1cccc(Cl)c1. The number of nitrogens with one attached hydrogen (secondary N) is 1. The van der Waals surface area contributed by atoms with Crippen LogP contribution in [0.3, 0.4) is 0 Å². The fourth-order valence-electron chi connectivity index (χ4n) is 1.98. The number of carbonyl (C=O) groups is 1. The second kappa shape index (κ2) is 7.05. The number of halogens is 1. The van der Waals surface area contributed by atoms with Crippen LogP contribution in [0.5, 0.6) is 0 Å². The molecule has 1 amide bonds.